The van der Waals surface area contributed by atoms with Gasteiger partial charge in [-0.15, -0.1) is 0 Å². The lowest BCUT2D eigenvalue weighted by Crippen LogP contribution is -2.34. The van der Waals surface area contributed by atoms with Gasteiger partial charge in [0.05, 0.1) is 15.7 Å². The summed E-state index contributed by atoms with van der Waals surface area (Å²) in [7, 11) is -11.2. The molecule has 0 saturated carbocycles. The summed E-state index contributed by atoms with van der Waals surface area (Å²) in [5, 5.41) is 0. The van der Waals surface area contributed by atoms with Gasteiger partial charge in [-0.25, -0.2) is 8.93 Å². The van der Waals surface area contributed by atoms with Crippen molar-refractivity contribution in [3.05, 3.63) is 29.8 Å². The lowest BCUT2D eigenvalue weighted by Gasteiger charge is -2.40. The van der Waals surface area contributed by atoms with Gasteiger partial charge < -0.3 is 0 Å². The van der Waals surface area contributed by atoms with Crippen molar-refractivity contribution in [2.75, 3.05) is 0 Å². The van der Waals surface area contributed by atoms with E-state index in [0.717, 1.165) is 6.07 Å². The second-order valence-electron chi connectivity index (χ2n) is 5.76. The first-order valence-corrected chi connectivity index (χ1v) is 9.13. The van der Waals surface area contributed by atoms with E-state index in [1.165, 1.54) is 13.0 Å². The molecule has 9 heteroatoms. The summed E-state index contributed by atoms with van der Waals surface area (Å²) in [5.41, 5.74) is -0.00153. The van der Waals surface area contributed by atoms with Gasteiger partial charge in [-0.05, 0) is 45.4 Å². The first-order chi connectivity index (χ1) is 9.00. The van der Waals surface area contributed by atoms with E-state index in [-0.39, 0.29) is 5.56 Å². The zero-order valence-electron chi connectivity index (χ0n) is 12.0. The molecule has 0 heterocycles. The third kappa shape index (κ3) is 5.23. The summed E-state index contributed by atoms with van der Waals surface area (Å²) in [6, 6.07) is 2.19. The Morgan fingerprint density at radius 1 is 1.14 bits per heavy atom. The van der Waals surface area contributed by atoms with Gasteiger partial charge in [0.1, 0.15) is 4.90 Å². The van der Waals surface area contributed by atoms with E-state index in [1.54, 1.807) is 20.8 Å². The summed E-state index contributed by atoms with van der Waals surface area (Å²) in [6.07, 6.45) is 0. The van der Waals surface area contributed by atoms with E-state index in [0.29, 0.717) is 12.1 Å². The minimum absolute atomic E-state index is 0.00153. The van der Waals surface area contributed by atoms with Crippen LogP contribution in [0.15, 0.2) is 29.2 Å². The van der Waals surface area contributed by atoms with Crippen LogP contribution in [0.2, 0.25) is 0 Å². The van der Waals surface area contributed by atoms with Crippen LogP contribution in [0.25, 0.3) is 0 Å². The predicted molar refractivity (Wildman–Crippen MR) is 77.3 cm³/mol. The second kappa shape index (κ2) is 4.66. The molecule has 0 unspecified atom stereocenters. The van der Waals surface area contributed by atoms with Crippen molar-refractivity contribution < 1.29 is 23.6 Å². The molecule has 21 heavy (non-hydrogen) atoms. The van der Waals surface area contributed by atoms with Crippen LogP contribution in [-0.2, 0) is 11.0 Å². The SMILES string of the molecule is C[C@@H](N[S@](=O)C(C)(C)C)c1cccc(S(F)(F)(F)(F)F)c1. The maximum atomic E-state index is 12.8. The van der Waals surface area contributed by atoms with Crippen molar-refractivity contribution in [2.24, 2.45) is 0 Å². The van der Waals surface area contributed by atoms with Gasteiger partial charge in [-0.1, -0.05) is 31.6 Å². The number of halogens is 5. The lowest BCUT2D eigenvalue weighted by molar-refractivity contribution is 0.363. The van der Waals surface area contributed by atoms with Gasteiger partial charge in [-0.3, -0.25) is 0 Å². The third-order valence-electron chi connectivity index (χ3n) is 2.64. The van der Waals surface area contributed by atoms with Crippen LogP contribution < -0.4 is 4.72 Å². The maximum Gasteiger partial charge on any atom is 0.310 e. The van der Waals surface area contributed by atoms with Crippen molar-refractivity contribution in [1.29, 1.82) is 0 Å². The first-order valence-electron chi connectivity index (χ1n) is 6.03. The number of benzene rings is 1. The lowest BCUT2D eigenvalue weighted by atomic mass is 10.1. The van der Waals surface area contributed by atoms with Crippen LogP contribution in [0.1, 0.15) is 39.3 Å². The third-order valence-corrected chi connectivity index (χ3v) is 5.47. The standard InChI is InChI=1S/C12H18F5NOS2/c1-9(18-20(19)12(2,3)4)10-6-5-7-11(8-10)21(13,14,15,16)17/h5-9,18H,1-4H3/t9-,20-/m1/s1. The molecule has 2 nitrogen and oxygen atoms in total. The molecule has 0 aliphatic heterocycles. The number of hydrogen-bond acceptors (Lipinski definition) is 1. The molecular formula is C12H18F5NOS2. The summed E-state index contributed by atoms with van der Waals surface area (Å²) in [5.74, 6) is 0. The van der Waals surface area contributed by atoms with Crippen LogP contribution in [0.5, 0.6) is 0 Å². The van der Waals surface area contributed by atoms with Crippen molar-refractivity contribution in [1.82, 2.24) is 4.72 Å². The van der Waals surface area contributed by atoms with Crippen LogP contribution in [-0.4, -0.2) is 8.96 Å². The van der Waals surface area contributed by atoms with Gasteiger partial charge in [0.25, 0.3) is 0 Å². The van der Waals surface area contributed by atoms with Crippen LogP contribution in [0.4, 0.5) is 19.4 Å². The Labute approximate surface area is 123 Å². The van der Waals surface area contributed by atoms with Crippen molar-refractivity contribution in [2.45, 2.75) is 43.4 Å². The Kier molecular flexibility index (Phi) is 4.08. The smallest absolute Gasteiger partial charge is 0.242 e. The molecule has 124 valence electrons. The molecule has 0 radical (unpaired) electrons. The van der Waals surface area contributed by atoms with Crippen molar-refractivity contribution in [3.8, 4) is 0 Å². The van der Waals surface area contributed by atoms with E-state index in [4.69, 9.17) is 0 Å². The van der Waals surface area contributed by atoms with Gasteiger partial charge >= 0.3 is 10.2 Å². The fourth-order valence-corrected chi connectivity index (χ4v) is 2.93. The summed E-state index contributed by atoms with van der Waals surface area (Å²) < 4.78 is 77.7. The fraction of sp³-hybridized carbons (Fsp3) is 0.500. The zero-order chi connectivity index (χ0) is 16.8. The highest BCUT2D eigenvalue weighted by Crippen LogP contribution is 3.02. The van der Waals surface area contributed by atoms with E-state index < -0.39 is 36.9 Å². The van der Waals surface area contributed by atoms with Crippen LogP contribution in [0, 0.1) is 0 Å². The monoisotopic (exact) mass is 351 g/mol. The van der Waals surface area contributed by atoms with Gasteiger partial charge in [-0.2, -0.15) is 0 Å². The largest absolute Gasteiger partial charge is 0.310 e. The van der Waals surface area contributed by atoms with Gasteiger partial charge in [0.2, 0.25) is 0 Å². The average molecular weight is 351 g/mol. The predicted octanol–water partition coefficient (Wildman–Crippen LogP) is 5.46. The minimum atomic E-state index is -9.70. The van der Waals surface area contributed by atoms with E-state index in [2.05, 4.69) is 4.72 Å². The molecule has 0 aromatic heterocycles. The zero-order valence-corrected chi connectivity index (χ0v) is 13.6. The quantitative estimate of drug-likeness (QED) is 0.717. The maximum absolute atomic E-state index is 12.8. The number of hydrogen-bond donors (Lipinski definition) is 1. The second-order valence-corrected chi connectivity index (χ2v) is 10.2. The van der Waals surface area contributed by atoms with Crippen LogP contribution in [0.3, 0.4) is 0 Å². The molecule has 0 amide bonds. The highest BCUT2D eigenvalue weighted by atomic mass is 32.5. The Morgan fingerprint density at radius 2 is 1.67 bits per heavy atom. The molecule has 0 bridgehead atoms. The molecule has 0 aliphatic rings. The van der Waals surface area contributed by atoms with Crippen molar-refractivity contribution in [3.63, 3.8) is 0 Å². The molecule has 0 fully saturated rings. The first kappa shape index (κ1) is 18.4. The summed E-state index contributed by atoms with van der Waals surface area (Å²) in [6.45, 7) is 6.53. The van der Waals surface area contributed by atoms with Crippen LogP contribution >= 0.6 is 10.2 Å². The molecule has 2 atom stereocenters. The number of rotatable bonds is 4. The summed E-state index contributed by atoms with van der Waals surface area (Å²) in [4.78, 5) is -1.94. The van der Waals surface area contributed by atoms with E-state index >= 15 is 0 Å². The topological polar surface area (TPSA) is 29.1 Å². The molecule has 1 aromatic rings. The molecule has 0 spiro atoms. The van der Waals surface area contributed by atoms with Crippen molar-refractivity contribution >= 4 is 21.2 Å². The minimum Gasteiger partial charge on any atom is -0.242 e. The Balaban J connectivity index is 3.11. The van der Waals surface area contributed by atoms with E-state index in [9.17, 15) is 23.6 Å². The Bertz CT molecular complexity index is 565. The fourth-order valence-electron chi connectivity index (χ4n) is 1.43. The highest BCUT2D eigenvalue weighted by molar-refractivity contribution is 8.45. The molecule has 0 aliphatic carbocycles. The highest BCUT2D eigenvalue weighted by Gasteiger charge is 2.65. The number of nitrogens with one attached hydrogen (secondary N) is 1. The molecule has 1 N–H and O–H groups in total. The molecule has 1 aromatic carbocycles. The molecule has 0 saturated heterocycles. The Hall–Kier alpha value is -0.670. The van der Waals surface area contributed by atoms with Gasteiger partial charge in [0, 0.05) is 6.04 Å². The normalized spacial score (nSPS) is 19.5. The van der Waals surface area contributed by atoms with Gasteiger partial charge in [0.15, 0.2) is 0 Å². The molecular weight excluding hydrogens is 333 g/mol. The average Bonchev–Trinajstić information content (AvgIpc) is 2.24. The molecule has 1 rings (SSSR count). The van der Waals surface area contributed by atoms with E-state index in [1.807, 2.05) is 0 Å². The Morgan fingerprint density at radius 3 is 2.10 bits per heavy atom. The summed E-state index contributed by atoms with van der Waals surface area (Å²) >= 11 is 0.